The van der Waals surface area contributed by atoms with Crippen molar-refractivity contribution in [2.45, 2.75) is 37.0 Å². The fraction of sp³-hybridized carbons (Fsp3) is 0.500. The second-order valence-corrected chi connectivity index (χ2v) is 5.39. The van der Waals surface area contributed by atoms with Crippen LogP contribution in [0, 0.1) is 0 Å². The van der Waals surface area contributed by atoms with Gasteiger partial charge in [0, 0.05) is 17.5 Å². The Labute approximate surface area is 104 Å². The third-order valence-electron chi connectivity index (χ3n) is 3.55. The second kappa shape index (κ2) is 4.22. The molecule has 1 aliphatic rings. The van der Waals surface area contributed by atoms with Gasteiger partial charge in [0.25, 0.3) is 0 Å². The molecule has 0 bridgehead atoms. The number of nitrogens with zero attached hydrogens (tertiary/aromatic N) is 2. The predicted molar refractivity (Wildman–Crippen MR) is 70.6 cm³/mol. The molecule has 0 amide bonds. The largest absolute Gasteiger partial charge is 0.326 e. The van der Waals surface area contributed by atoms with E-state index in [1.165, 1.54) is 0 Å². The number of aromatic amines is 1. The molecule has 4 nitrogen and oxygen atoms in total. The number of nitrogens with one attached hydrogen (secondary N) is 1. The zero-order valence-corrected chi connectivity index (χ0v) is 10.4. The van der Waals surface area contributed by atoms with Crippen molar-refractivity contribution in [3.05, 3.63) is 28.9 Å². The van der Waals surface area contributed by atoms with Crippen LogP contribution in [-0.2, 0) is 0 Å². The molecule has 0 radical (unpaired) electrons. The molecule has 2 aromatic rings. The van der Waals surface area contributed by atoms with Crippen molar-refractivity contribution in [1.29, 1.82) is 0 Å². The van der Waals surface area contributed by atoms with Gasteiger partial charge in [0.2, 0.25) is 0 Å². The number of rotatable bonds is 1. The molecule has 0 aliphatic heterocycles. The van der Waals surface area contributed by atoms with Crippen molar-refractivity contribution >= 4 is 23.7 Å². The zero-order chi connectivity index (χ0) is 11.8. The summed E-state index contributed by atoms with van der Waals surface area (Å²) >= 11 is 4.49. The predicted octanol–water partition coefficient (Wildman–Crippen LogP) is 2.14. The van der Waals surface area contributed by atoms with Crippen LogP contribution in [0.25, 0.3) is 11.0 Å². The van der Waals surface area contributed by atoms with Gasteiger partial charge in [-0.1, -0.05) is 0 Å². The van der Waals surface area contributed by atoms with Gasteiger partial charge < -0.3 is 4.98 Å². The Bertz CT molecular complexity index is 581. The van der Waals surface area contributed by atoms with E-state index in [0.717, 1.165) is 36.7 Å². The fourth-order valence-corrected chi connectivity index (χ4v) is 2.96. The van der Waals surface area contributed by atoms with Crippen LogP contribution in [0.4, 0.5) is 0 Å². The van der Waals surface area contributed by atoms with Gasteiger partial charge >= 0.3 is 5.69 Å². The Morgan fingerprint density at radius 1 is 1.35 bits per heavy atom. The minimum absolute atomic E-state index is 0.0179. The molecule has 3 rings (SSSR count). The van der Waals surface area contributed by atoms with Crippen LogP contribution in [-0.4, -0.2) is 19.8 Å². The van der Waals surface area contributed by atoms with E-state index in [2.05, 4.69) is 22.6 Å². The summed E-state index contributed by atoms with van der Waals surface area (Å²) in [6, 6.07) is 2.21. The maximum Gasteiger partial charge on any atom is 0.326 e. The molecular weight excluding hydrogens is 234 g/mol. The van der Waals surface area contributed by atoms with Gasteiger partial charge in [-0.25, -0.2) is 4.79 Å². The minimum atomic E-state index is -0.0179. The molecule has 2 heterocycles. The van der Waals surface area contributed by atoms with Gasteiger partial charge in [-0.2, -0.15) is 12.6 Å². The van der Waals surface area contributed by atoms with Gasteiger partial charge in [-0.3, -0.25) is 9.55 Å². The molecule has 1 fully saturated rings. The number of aromatic nitrogens is 3. The molecule has 1 saturated carbocycles. The Hall–Kier alpha value is -1.23. The lowest BCUT2D eigenvalue weighted by Crippen LogP contribution is -2.26. The molecular formula is C12H15N3OS. The third-order valence-corrected chi connectivity index (χ3v) is 4.07. The maximum atomic E-state index is 12.0. The number of H-pyrrole nitrogens is 1. The number of thiol groups is 1. The SMILES string of the molecule is O=c1[nH]c2cnccc2n1C1CCC(S)CC1. The summed E-state index contributed by atoms with van der Waals surface area (Å²) in [5.41, 5.74) is 1.77. The van der Waals surface area contributed by atoms with E-state index in [9.17, 15) is 4.79 Å². The first kappa shape index (κ1) is 10.9. The first-order chi connectivity index (χ1) is 8.25. The van der Waals surface area contributed by atoms with Gasteiger partial charge in [0.05, 0.1) is 17.2 Å². The molecule has 90 valence electrons. The van der Waals surface area contributed by atoms with Gasteiger partial charge in [0.1, 0.15) is 0 Å². The molecule has 0 aromatic carbocycles. The quantitative estimate of drug-likeness (QED) is 0.761. The molecule has 1 N–H and O–H groups in total. The lowest BCUT2D eigenvalue weighted by Gasteiger charge is -2.26. The summed E-state index contributed by atoms with van der Waals surface area (Å²) < 4.78 is 1.89. The van der Waals surface area contributed by atoms with Gasteiger partial charge in [-0.05, 0) is 31.7 Å². The molecule has 0 atom stereocenters. The maximum absolute atomic E-state index is 12.0. The molecule has 1 aliphatic carbocycles. The average molecular weight is 249 g/mol. The van der Waals surface area contributed by atoms with Crippen molar-refractivity contribution < 1.29 is 0 Å². The number of imidazole rings is 1. The van der Waals surface area contributed by atoms with E-state index < -0.39 is 0 Å². The Morgan fingerprint density at radius 3 is 2.88 bits per heavy atom. The number of hydrogen-bond donors (Lipinski definition) is 2. The monoisotopic (exact) mass is 249 g/mol. The summed E-state index contributed by atoms with van der Waals surface area (Å²) in [4.78, 5) is 18.9. The molecule has 5 heteroatoms. The van der Waals surface area contributed by atoms with E-state index in [1.54, 1.807) is 12.4 Å². The summed E-state index contributed by atoms with van der Waals surface area (Å²) in [5, 5.41) is 0.494. The van der Waals surface area contributed by atoms with Crippen LogP contribution < -0.4 is 5.69 Å². The zero-order valence-electron chi connectivity index (χ0n) is 9.47. The van der Waals surface area contributed by atoms with E-state index in [-0.39, 0.29) is 5.69 Å². The van der Waals surface area contributed by atoms with Crippen molar-refractivity contribution in [3.8, 4) is 0 Å². The first-order valence-electron chi connectivity index (χ1n) is 5.98. The standard InChI is InChI=1S/C12H15N3OS/c16-12-14-10-7-13-6-5-11(10)15(12)8-1-3-9(17)4-2-8/h5-9,17H,1-4H2,(H,14,16). The molecule has 0 spiro atoms. The number of pyridine rings is 1. The van der Waals surface area contributed by atoms with Gasteiger partial charge in [-0.15, -0.1) is 0 Å². The average Bonchev–Trinajstić information content (AvgIpc) is 2.66. The minimum Gasteiger partial charge on any atom is -0.304 e. The highest BCUT2D eigenvalue weighted by Crippen LogP contribution is 2.31. The number of fused-ring (bicyclic) bond motifs is 1. The Kier molecular flexibility index (Phi) is 2.70. The topological polar surface area (TPSA) is 50.7 Å². The van der Waals surface area contributed by atoms with E-state index in [0.29, 0.717) is 11.3 Å². The van der Waals surface area contributed by atoms with Crippen molar-refractivity contribution in [1.82, 2.24) is 14.5 Å². The van der Waals surface area contributed by atoms with E-state index in [4.69, 9.17) is 0 Å². The smallest absolute Gasteiger partial charge is 0.304 e. The Balaban J connectivity index is 2.05. The van der Waals surface area contributed by atoms with Crippen molar-refractivity contribution in [2.24, 2.45) is 0 Å². The highest BCUT2D eigenvalue weighted by Gasteiger charge is 2.23. The van der Waals surface area contributed by atoms with Gasteiger partial charge in [0.15, 0.2) is 0 Å². The van der Waals surface area contributed by atoms with E-state index >= 15 is 0 Å². The van der Waals surface area contributed by atoms with Crippen LogP contribution in [0.2, 0.25) is 0 Å². The van der Waals surface area contributed by atoms with Crippen LogP contribution in [0.15, 0.2) is 23.3 Å². The van der Waals surface area contributed by atoms with Crippen LogP contribution in [0.1, 0.15) is 31.7 Å². The normalized spacial score (nSPS) is 25.2. The number of hydrogen-bond acceptors (Lipinski definition) is 3. The summed E-state index contributed by atoms with van der Waals surface area (Å²) in [7, 11) is 0. The fourth-order valence-electron chi connectivity index (χ4n) is 2.66. The second-order valence-electron chi connectivity index (χ2n) is 4.66. The highest BCUT2D eigenvalue weighted by atomic mass is 32.1. The molecule has 17 heavy (non-hydrogen) atoms. The summed E-state index contributed by atoms with van der Waals surface area (Å²) in [6.07, 6.45) is 7.66. The molecule has 0 saturated heterocycles. The Morgan fingerprint density at radius 2 is 2.12 bits per heavy atom. The third kappa shape index (κ3) is 1.88. The van der Waals surface area contributed by atoms with Crippen LogP contribution >= 0.6 is 12.6 Å². The summed E-state index contributed by atoms with van der Waals surface area (Å²) in [6.45, 7) is 0. The van der Waals surface area contributed by atoms with Crippen molar-refractivity contribution in [2.75, 3.05) is 0 Å². The molecule has 0 unspecified atom stereocenters. The van der Waals surface area contributed by atoms with Crippen LogP contribution in [0.5, 0.6) is 0 Å². The highest BCUT2D eigenvalue weighted by molar-refractivity contribution is 7.80. The van der Waals surface area contributed by atoms with Crippen molar-refractivity contribution in [3.63, 3.8) is 0 Å². The summed E-state index contributed by atoms with van der Waals surface area (Å²) in [5.74, 6) is 0. The lowest BCUT2D eigenvalue weighted by atomic mass is 9.94. The van der Waals surface area contributed by atoms with Crippen LogP contribution in [0.3, 0.4) is 0 Å². The lowest BCUT2D eigenvalue weighted by molar-refractivity contribution is 0.361. The first-order valence-corrected chi connectivity index (χ1v) is 6.49. The van der Waals surface area contributed by atoms with E-state index in [1.807, 2.05) is 10.6 Å². The molecule has 2 aromatic heterocycles.